The Morgan fingerprint density at radius 1 is 0.714 bits per heavy atom. The summed E-state index contributed by atoms with van der Waals surface area (Å²) in [7, 11) is 0. The molecule has 1 heterocycles. The van der Waals surface area contributed by atoms with E-state index in [9.17, 15) is 0 Å². The van der Waals surface area contributed by atoms with E-state index in [1.165, 1.54) is 0 Å². The largest absolute Gasteiger partial charge is 0.673 e. The van der Waals surface area contributed by atoms with Crippen LogP contribution in [0, 0.1) is 13.5 Å². The predicted octanol–water partition coefficient (Wildman–Crippen LogP) is 6.79. The Morgan fingerprint density at radius 3 is 2.07 bits per heavy atom. The van der Waals surface area contributed by atoms with Crippen LogP contribution in [-0.2, 0) is 25.8 Å². The van der Waals surface area contributed by atoms with Crippen LogP contribution in [0.3, 0.4) is 0 Å². The fourth-order valence-corrected chi connectivity index (χ4v) is 2.92. The maximum absolute atomic E-state index is 4.96. The third-order valence-electron chi connectivity index (χ3n) is 4.19. The molecule has 0 saturated heterocycles. The normalized spacial score (nSPS) is 10.9. The van der Waals surface area contributed by atoms with Gasteiger partial charge < -0.3 is 17.7 Å². The molecule has 3 aromatic carbocycles. The summed E-state index contributed by atoms with van der Waals surface area (Å²) in [5.74, 6) is 0. The van der Waals surface area contributed by atoms with E-state index in [1.54, 1.807) is 0 Å². The molecule has 0 aliphatic heterocycles. The molecule has 4 aromatic rings. The van der Waals surface area contributed by atoms with Crippen molar-refractivity contribution in [2.45, 2.75) is 6.04 Å². The minimum Gasteiger partial charge on any atom is -0.673 e. The topological polar surface area (TPSA) is 27.0 Å². The molecule has 0 N–H and O–H groups in total. The van der Waals surface area contributed by atoms with E-state index in [2.05, 4.69) is 18.2 Å². The van der Waals surface area contributed by atoms with Crippen molar-refractivity contribution < 1.29 is 25.8 Å². The van der Waals surface area contributed by atoms with E-state index in [0.29, 0.717) is 0 Å². The summed E-state index contributed by atoms with van der Waals surface area (Å²) in [6.07, 6.45) is 0. The number of nitrogens with zero attached hydrogens (tertiary/aromatic N) is 2. The van der Waals surface area contributed by atoms with Gasteiger partial charge in [-0.1, -0.05) is 78.4 Å². The molecule has 0 aliphatic rings. The molecular formula is C25H21HfN2-3. The van der Waals surface area contributed by atoms with Gasteiger partial charge in [0.2, 0.25) is 0 Å². The van der Waals surface area contributed by atoms with Gasteiger partial charge in [-0.2, -0.15) is 0 Å². The van der Waals surface area contributed by atoms with Crippen LogP contribution in [0.5, 0.6) is 0 Å². The number of aromatic nitrogens is 1. The van der Waals surface area contributed by atoms with Crippen LogP contribution in [0.15, 0.2) is 103 Å². The summed E-state index contributed by atoms with van der Waals surface area (Å²) >= 11 is 0. The second-order valence-corrected chi connectivity index (χ2v) is 6.00. The Hall–Kier alpha value is -2.52. The molecule has 0 amide bonds. The molecule has 0 fully saturated rings. The van der Waals surface area contributed by atoms with Crippen molar-refractivity contribution in [3.63, 3.8) is 0 Å². The summed E-state index contributed by atoms with van der Waals surface area (Å²) in [5, 5.41) is 4.96. The molecule has 1 atom stereocenters. The summed E-state index contributed by atoms with van der Waals surface area (Å²) in [4.78, 5) is 4.89. The number of hydrogen-bond donors (Lipinski definition) is 0. The second kappa shape index (κ2) is 10.7. The monoisotopic (exact) mass is 529 g/mol. The van der Waals surface area contributed by atoms with Crippen molar-refractivity contribution in [1.29, 1.82) is 0 Å². The zero-order valence-electron chi connectivity index (χ0n) is 15.8. The zero-order valence-corrected chi connectivity index (χ0v) is 19.4. The third-order valence-corrected chi connectivity index (χ3v) is 4.19. The number of pyridine rings is 1. The van der Waals surface area contributed by atoms with Gasteiger partial charge in [-0.25, -0.2) is 0 Å². The first-order chi connectivity index (χ1) is 12.9. The van der Waals surface area contributed by atoms with Gasteiger partial charge in [0.25, 0.3) is 0 Å². The Balaban J connectivity index is 0.00000140. The van der Waals surface area contributed by atoms with Crippen molar-refractivity contribution in [1.82, 2.24) is 4.98 Å². The molecule has 1 unspecified atom stereocenters. The fourth-order valence-electron chi connectivity index (χ4n) is 2.92. The molecule has 138 valence electrons. The first-order valence-electron chi connectivity index (χ1n) is 8.65. The SMILES string of the molecule is [CH3-].[Hf].[c-]1ccccc1-c1cccc(C([N-]c2ccccc2)c2ccccc2)n1. The summed E-state index contributed by atoms with van der Waals surface area (Å²) in [6.45, 7) is 0. The Morgan fingerprint density at radius 2 is 1.39 bits per heavy atom. The molecule has 0 bridgehead atoms. The van der Waals surface area contributed by atoms with Crippen molar-refractivity contribution in [2.75, 3.05) is 0 Å². The fraction of sp³-hybridized carbons (Fsp3) is 0.0400. The van der Waals surface area contributed by atoms with Crippen LogP contribution in [-0.4, -0.2) is 4.98 Å². The van der Waals surface area contributed by atoms with Crippen LogP contribution in [0.1, 0.15) is 17.3 Å². The average Bonchev–Trinajstić information content (AvgIpc) is 2.74. The zero-order chi connectivity index (χ0) is 17.6. The van der Waals surface area contributed by atoms with Crippen LogP contribution in [0.2, 0.25) is 0 Å². The number of rotatable bonds is 5. The van der Waals surface area contributed by atoms with E-state index < -0.39 is 0 Å². The van der Waals surface area contributed by atoms with Crippen LogP contribution in [0.4, 0.5) is 5.69 Å². The van der Waals surface area contributed by atoms with Gasteiger partial charge >= 0.3 is 0 Å². The van der Waals surface area contributed by atoms with Crippen LogP contribution >= 0.6 is 0 Å². The molecule has 0 radical (unpaired) electrons. The molecule has 0 saturated carbocycles. The molecule has 2 nitrogen and oxygen atoms in total. The standard InChI is InChI=1S/C24H18N2.CH3.Hf/c1-4-11-19(12-5-1)22-17-10-18-23(26-22)24(20-13-6-2-7-14-20)25-21-15-8-3-9-16-21;;/h1-11,13-18,24H;1H3;/q-2;-1;. The summed E-state index contributed by atoms with van der Waals surface area (Å²) in [5.41, 5.74) is 4.89. The average molecular weight is 528 g/mol. The maximum Gasteiger partial charge on any atom is 0.0195 e. The second-order valence-electron chi connectivity index (χ2n) is 6.00. The quantitative estimate of drug-likeness (QED) is 0.207. The molecule has 0 aliphatic carbocycles. The van der Waals surface area contributed by atoms with Gasteiger partial charge in [0.15, 0.2) is 0 Å². The van der Waals surface area contributed by atoms with Crippen LogP contribution < -0.4 is 0 Å². The van der Waals surface area contributed by atoms with Gasteiger partial charge in [0.05, 0.1) is 0 Å². The van der Waals surface area contributed by atoms with Crippen LogP contribution in [0.25, 0.3) is 16.6 Å². The number of benzene rings is 3. The minimum atomic E-state index is -0.151. The minimum absolute atomic E-state index is 0. The summed E-state index contributed by atoms with van der Waals surface area (Å²) in [6, 6.07) is 37.4. The molecular weight excluding hydrogens is 507 g/mol. The third kappa shape index (κ3) is 5.26. The van der Waals surface area contributed by atoms with E-state index in [-0.39, 0.29) is 39.3 Å². The Bertz CT molecular complexity index is 957. The molecule has 1 aromatic heterocycles. The van der Waals surface area contributed by atoms with Gasteiger partial charge in [-0.05, 0) is 17.8 Å². The van der Waals surface area contributed by atoms with Crippen molar-refractivity contribution >= 4 is 5.69 Å². The summed E-state index contributed by atoms with van der Waals surface area (Å²) < 4.78 is 0. The van der Waals surface area contributed by atoms with Crippen molar-refractivity contribution in [2.24, 2.45) is 0 Å². The van der Waals surface area contributed by atoms with Gasteiger partial charge in [-0.3, -0.25) is 0 Å². The van der Waals surface area contributed by atoms with Gasteiger partial charge in [0.1, 0.15) is 0 Å². The van der Waals surface area contributed by atoms with E-state index in [1.807, 2.05) is 91.0 Å². The smallest absolute Gasteiger partial charge is 0.0195 e. The first kappa shape index (κ1) is 21.8. The Kier molecular flexibility index (Phi) is 8.34. The van der Waals surface area contributed by atoms with E-state index in [4.69, 9.17) is 10.3 Å². The van der Waals surface area contributed by atoms with E-state index >= 15 is 0 Å². The number of hydrogen-bond acceptors (Lipinski definition) is 1. The first-order valence-corrected chi connectivity index (χ1v) is 8.65. The Labute approximate surface area is 186 Å². The number of para-hydroxylation sites is 1. The molecule has 3 heteroatoms. The van der Waals surface area contributed by atoms with Gasteiger partial charge in [-0.15, -0.1) is 41.6 Å². The maximum atomic E-state index is 4.96. The molecule has 0 spiro atoms. The molecule has 4 rings (SSSR count). The van der Waals surface area contributed by atoms with Crippen molar-refractivity contribution in [3.8, 4) is 11.3 Å². The van der Waals surface area contributed by atoms with E-state index in [0.717, 1.165) is 28.2 Å². The van der Waals surface area contributed by atoms with Crippen molar-refractivity contribution in [3.05, 3.63) is 133 Å². The van der Waals surface area contributed by atoms with Gasteiger partial charge in [0, 0.05) is 31.5 Å². The predicted molar refractivity (Wildman–Crippen MR) is 113 cm³/mol. The molecule has 28 heavy (non-hydrogen) atoms.